The summed E-state index contributed by atoms with van der Waals surface area (Å²) in [5.74, 6) is 0.805. The van der Waals surface area contributed by atoms with Crippen molar-refractivity contribution in [3.8, 4) is 0 Å². The average molecular weight is 221 g/mol. The monoisotopic (exact) mass is 220 g/mol. The predicted octanol–water partition coefficient (Wildman–Crippen LogP) is 1.97. The van der Waals surface area contributed by atoms with E-state index in [1.165, 1.54) is 0 Å². The highest BCUT2D eigenvalue weighted by molar-refractivity contribution is 9.09. The van der Waals surface area contributed by atoms with Crippen molar-refractivity contribution >= 4 is 21.9 Å². The van der Waals surface area contributed by atoms with E-state index < -0.39 is 0 Å². The minimum atomic E-state index is -0.00144. The van der Waals surface area contributed by atoms with Crippen LogP contribution in [0.3, 0.4) is 0 Å². The second kappa shape index (κ2) is 4.10. The quantitative estimate of drug-likeness (QED) is 0.535. The van der Waals surface area contributed by atoms with Gasteiger partial charge in [-0.25, -0.2) is 0 Å². The number of ether oxygens (including phenoxy) is 1. The molecule has 0 aromatic rings. The molecule has 0 radical (unpaired) electrons. The molecule has 0 heterocycles. The van der Waals surface area contributed by atoms with Crippen LogP contribution in [0.2, 0.25) is 0 Å². The molecule has 0 aromatic heterocycles. The van der Waals surface area contributed by atoms with Crippen LogP contribution in [0, 0.1) is 11.8 Å². The van der Waals surface area contributed by atoms with Crippen molar-refractivity contribution < 1.29 is 9.53 Å². The molecule has 0 aromatic carbocycles. The Morgan fingerprint density at radius 1 is 1.73 bits per heavy atom. The van der Waals surface area contributed by atoms with Crippen molar-refractivity contribution in [2.45, 2.75) is 19.8 Å². The Morgan fingerprint density at radius 2 is 2.45 bits per heavy atom. The summed E-state index contributed by atoms with van der Waals surface area (Å²) in [6, 6.07) is 0. The second-order valence-electron chi connectivity index (χ2n) is 2.83. The number of carbonyl (C=O) groups excluding carboxylic acids is 1. The summed E-state index contributed by atoms with van der Waals surface area (Å²) in [6.07, 6.45) is 2.13. The molecule has 2 nitrogen and oxygen atoms in total. The Bertz CT molecular complexity index is 147. The Kier molecular flexibility index (Phi) is 3.37. The first-order valence-electron chi connectivity index (χ1n) is 4.02. The number of hydrogen-bond acceptors (Lipinski definition) is 2. The van der Waals surface area contributed by atoms with E-state index in [1.54, 1.807) is 0 Å². The van der Waals surface area contributed by atoms with Gasteiger partial charge < -0.3 is 4.74 Å². The van der Waals surface area contributed by atoms with Crippen LogP contribution in [-0.2, 0) is 9.53 Å². The predicted molar refractivity (Wildman–Crippen MR) is 46.6 cm³/mol. The summed E-state index contributed by atoms with van der Waals surface area (Å²) >= 11 is 3.35. The molecular formula is C8H13BrO2. The van der Waals surface area contributed by atoms with Gasteiger partial charge in [0.2, 0.25) is 0 Å². The van der Waals surface area contributed by atoms with Gasteiger partial charge in [-0.3, -0.25) is 4.79 Å². The standard InChI is InChI=1S/C8H13BrO2/c1-2-11-8(10)7-5-6(7)3-4-9/h6-7H,2-5H2,1H3/t6-,7-/m1/s1. The molecule has 3 heteroatoms. The van der Waals surface area contributed by atoms with Crippen molar-refractivity contribution in [2.24, 2.45) is 11.8 Å². The lowest BCUT2D eigenvalue weighted by Gasteiger charge is -1.98. The van der Waals surface area contributed by atoms with Crippen molar-refractivity contribution in [3.05, 3.63) is 0 Å². The van der Waals surface area contributed by atoms with E-state index in [1.807, 2.05) is 6.92 Å². The Balaban J connectivity index is 2.15. The van der Waals surface area contributed by atoms with Crippen LogP contribution in [0.1, 0.15) is 19.8 Å². The maximum atomic E-state index is 11.1. The molecule has 0 spiro atoms. The molecule has 0 amide bonds. The molecule has 0 aliphatic heterocycles. The molecule has 0 bridgehead atoms. The van der Waals surface area contributed by atoms with Gasteiger partial charge in [0.15, 0.2) is 0 Å². The van der Waals surface area contributed by atoms with Gasteiger partial charge >= 0.3 is 5.97 Å². The van der Waals surface area contributed by atoms with E-state index in [9.17, 15) is 4.79 Å². The van der Waals surface area contributed by atoms with Crippen molar-refractivity contribution in [1.82, 2.24) is 0 Å². The van der Waals surface area contributed by atoms with Crippen LogP contribution in [0.4, 0.5) is 0 Å². The number of halogens is 1. The minimum absolute atomic E-state index is 0.00144. The number of alkyl halides is 1. The Hall–Kier alpha value is -0.0500. The number of esters is 1. The first-order valence-corrected chi connectivity index (χ1v) is 5.14. The highest BCUT2D eigenvalue weighted by atomic mass is 79.9. The summed E-state index contributed by atoms with van der Waals surface area (Å²) < 4.78 is 4.89. The Labute approximate surface area is 75.4 Å². The highest BCUT2D eigenvalue weighted by Crippen LogP contribution is 2.42. The van der Waals surface area contributed by atoms with Gasteiger partial charge in [-0.15, -0.1) is 0 Å². The largest absolute Gasteiger partial charge is 0.466 e. The SMILES string of the molecule is CCOC(=O)[C@@H]1C[C@H]1CCBr. The first-order chi connectivity index (χ1) is 5.29. The van der Waals surface area contributed by atoms with Gasteiger partial charge in [-0.1, -0.05) is 15.9 Å². The van der Waals surface area contributed by atoms with Gasteiger partial charge in [0, 0.05) is 5.33 Å². The third-order valence-electron chi connectivity index (χ3n) is 1.99. The van der Waals surface area contributed by atoms with Crippen LogP contribution in [0.5, 0.6) is 0 Å². The van der Waals surface area contributed by atoms with Crippen LogP contribution in [0.15, 0.2) is 0 Å². The first kappa shape index (κ1) is 9.04. The second-order valence-corrected chi connectivity index (χ2v) is 3.62. The van der Waals surface area contributed by atoms with Crippen molar-refractivity contribution in [2.75, 3.05) is 11.9 Å². The molecule has 1 rings (SSSR count). The summed E-state index contributed by atoms with van der Waals surface area (Å²) in [6.45, 7) is 2.36. The van der Waals surface area contributed by atoms with Gasteiger partial charge in [0.05, 0.1) is 12.5 Å². The molecule has 1 aliphatic carbocycles. The van der Waals surface area contributed by atoms with E-state index >= 15 is 0 Å². The van der Waals surface area contributed by atoms with Gasteiger partial charge in [0.25, 0.3) is 0 Å². The zero-order valence-electron chi connectivity index (χ0n) is 6.68. The van der Waals surface area contributed by atoms with Crippen molar-refractivity contribution in [1.29, 1.82) is 0 Å². The maximum Gasteiger partial charge on any atom is 0.309 e. The molecular weight excluding hydrogens is 208 g/mol. The van der Waals surface area contributed by atoms with Crippen LogP contribution >= 0.6 is 15.9 Å². The van der Waals surface area contributed by atoms with E-state index in [-0.39, 0.29) is 11.9 Å². The van der Waals surface area contributed by atoms with Crippen LogP contribution in [-0.4, -0.2) is 17.9 Å². The lowest BCUT2D eigenvalue weighted by molar-refractivity contribution is -0.145. The summed E-state index contributed by atoms with van der Waals surface area (Å²) in [5, 5.41) is 0.994. The van der Waals surface area contributed by atoms with Crippen LogP contribution < -0.4 is 0 Å². The van der Waals surface area contributed by atoms with E-state index in [0.29, 0.717) is 12.5 Å². The number of carbonyl (C=O) groups is 1. The van der Waals surface area contributed by atoms with Crippen LogP contribution in [0.25, 0.3) is 0 Å². The van der Waals surface area contributed by atoms with Gasteiger partial charge in [-0.05, 0) is 25.7 Å². The zero-order valence-corrected chi connectivity index (χ0v) is 8.26. The fourth-order valence-electron chi connectivity index (χ4n) is 1.24. The summed E-state index contributed by atoms with van der Waals surface area (Å²) in [4.78, 5) is 11.1. The molecule has 11 heavy (non-hydrogen) atoms. The molecule has 0 unspecified atom stereocenters. The lowest BCUT2D eigenvalue weighted by atomic mass is 10.2. The van der Waals surface area contributed by atoms with E-state index in [2.05, 4.69) is 15.9 Å². The fraction of sp³-hybridized carbons (Fsp3) is 0.875. The fourth-order valence-corrected chi connectivity index (χ4v) is 1.83. The zero-order chi connectivity index (χ0) is 8.27. The minimum Gasteiger partial charge on any atom is -0.466 e. The maximum absolute atomic E-state index is 11.1. The third-order valence-corrected chi connectivity index (χ3v) is 2.45. The molecule has 1 fully saturated rings. The van der Waals surface area contributed by atoms with E-state index in [0.717, 1.165) is 18.2 Å². The molecule has 0 N–H and O–H groups in total. The Morgan fingerprint density at radius 3 is 3.00 bits per heavy atom. The van der Waals surface area contributed by atoms with Gasteiger partial charge in [-0.2, -0.15) is 0 Å². The molecule has 1 saturated carbocycles. The van der Waals surface area contributed by atoms with Crippen molar-refractivity contribution in [3.63, 3.8) is 0 Å². The lowest BCUT2D eigenvalue weighted by Crippen LogP contribution is -2.07. The molecule has 1 aliphatic rings. The molecule has 64 valence electrons. The topological polar surface area (TPSA) is 26.3 Å². The summed E-state index contributed by atoms with van der Waals surface area (Å²) in [5.41, 5.74) is 0. The number of hydrogen-bond donors (Lipinski definition) is 0. The highest BCUT2D eigenvalue weighted by Gasteiger charge is 2.43. The summed E-state index contributed by atoms with van der Waals surface area (Å²) in [7, 11) is 0. The molecule has 2 atom stereocenters. The van der Waals surface area contributed by atoms with Gasteiger partial charge in [0.1, 0.15) is 0 Å². The van der Waals surface area contributed by atoms with E-state index in [4.69, 9.17) is 4.74 Å². The normalized spacial score (nSPS) is 28.2. The molecule has 0 saturated heterocycles. The number of rotatable bonds is 4. The average Bonchev–Trinajstić information content (AvgIpc) is 2.69. The third kappa shape index (κ3) is 2.47. The smallest absolute Gasteiger partial charge is 0.309 e.